The standard InChI is InChI=1S/C14H17NO3/c1-10(16)13(9-15(2)3)14(17)11-6-5-7-12(8-11)18-4/h5-9H,1-4H3/b13-9-. The van der Waals surface area contributed by atoms with Gasteiger partial charge in [-0.05, 0) is 19.1 Å². The second-order valence-electron chi connectivity index (χ2n) is 4.12. The Morgan fingerprint density at radius 1 is 1.28 bits per heavy atom. The van der Waals surface area contributed by atoms with Gasteiger partial charge in [-0.1, -0.05) is 12.1 Å². The molecule has 1 aromatic rings. The number of nitrogens with zero attached hydrogens (tertiary/aromatic N) is 1. The highest BCUT2D eigenvalue weighted by Gasteiger charge is 2.17. The van der Waals surface area contributed by atoms with Crippen molar-refractivity contribution in [2.24, 2.45) is 0 Å². The number of ketones is 2. The molecule has 0 radical (unpaired) electrons. The van der Waals surface area contributed by atoms with Crippen LogP contribution in [-0.2, 0) is 4.79 Å². The number of carbonyl (C=O) groups excluding carboxylic acids is 2. The molecular weight excluding hydrogens is 230 g/mol. The van der Waals surface area contributed by atoms with Crippen LogP contribution in [0.5, 0.6) is 5.75 Å². The summed E-state index contributed by atoms with van der Waals surface area (Å²) in [6.07, 6.45) is 1.53. The van der Waals surface area contributed by atoms with E-state index in [0.717, 1.165) is 0 Å². The molecule has 4 nitrogen and oxygen atoms in total. The molecule has 0 fully saturated rings. The molecule has 0 unspecified atom stereocenters. The van der Waals surface area contributed by atoms with Crippen molar-refractivity contribution in [3.05, 3.63) is 41.6 Å². The lowest BCUT2D eigenvalue weighted by Crippen LogP contribution is -2.15. The number of carbonyl (C=O) groups is 2. The van der Waals surface area contributed by atoms with E-state index >= 15 is 0 Å². The van der Waals surface area contributed by atoms with Crippen molar-refractivity contribution >= 4 is 11.6 Å². The maximum absolute atomic E-state index is 12.2. The molecule has 1 aromatic carbocycles. The topological polar surface area (TPSA) is 46.6 Å². The van der Waals surface area contributed by atoms with Crippen LogP contribution in [0.25, 0.3) is 0 Å². The van der Waals surface area contributed by atoms with Gasteiger partial charge in [0.25, 0.3) is 0 Å². The Kier molecular flexibility index (Phi) is 4.66. The summed E-state index contributed by atoms with van der Waals surface area (Å²) in [4.78, 5) is 25.4. The second-order valence-corrected chi connectivity index (χ2v) is 4.12. The lowest BCUT2D eigenvalue weighted by molar-refractivity contribution is -0.113. The van der Waals surface area contributed by atoms with Gasteiger partial charge in [-0.15, -0.1) is 0 Å². The fraction of sp³-hybridized carbons (Fsp3) is 0.286. The molecule has 0 heterocycles. The fourth-order valence-electron chi connectivity index (χ4n) is 1.49. The summed E-state index contributed by atoms with van der Waals surface area (Å²) >= 11 is 0. The van der Waals surface area contributed by atoms with Crippen LogP contribution in [0.2, 0.25) is 0 Å². The predicted octanol–water partition coefficient (Wildman–Crippen LogP) is 1.91. The molecule has 96 valence electrons. The fourth-order valence-corrected chi connectivity index (χ4v) is 1.49. The maximum atomic E-state index is 12.2. The zero-order chi connectivity index (χ0) is 13.7. The second kappa shape index (κ2) is 6.00. The first-order chi connectivity index (χ1) is 8.45. The smallest absolute Gasteiger partial charge is 0.198 e. The average Bonchev–Trinajstić information content (AvgIpc) is 2.34. The third-order valence-electron chi connectivity index (χ3n) is 2.34. The lowest BCUT2D eigenvalue weighted by atomic mass is 10.0. The van der Waals surface area contributed by atoms with Gasteiger partial charge >= 0.3 is 0 Å². The first kappa shape index (κ1) is 14.0. The Bertz CT molecular complexity index is 490. The van der Waals surface area contributed by atoms with E-state index < -0.39 is 0 Å². The molecule has 1 rings (SSSR count). The first-order valence-electron chi connectivity index (χ1n) is 5.53. The number of Topliss-reactive ketones (excluding diaryl/α,β-unsaturated/α-hetero) is 2. The summed E-state index contributed by atoms with van der Waals surface area (Å²) in [5.41, 5.74) is 0.603. The summed E-state index contributed by atoms with van der Waals surface area (Å²) in [7, 11) is 5.06. The Morgan fingerprint density at radius 2 is 1.94 bits per heavy atom. The van der Waals surface area contributed by atoms with Crippen molar-refractivity contribution in [2.45, 2.75) is 6.92 Å². The van der Waals surface area contributed by atoms with Gasteiger partial charge in [0.1, 0.15) is 5.75 Å². The van der Waals surface area contributed by atoms with Crippen molar-refractivity contribution < 1.29 is 14.3 Å². The number of hydrogen-bond donors (Lipinski definition) is 0. The molecule has 0 aliphatic carbocycles. The quantitative estimate of drug-likeness (QED) is 0.345. The minimum Gasteiger partial charge on any atom is -0.497 e. The van der Waals surface area contributed by atoms with Gasteiger partial charge in [0, 0.05) is 25.9 Å². The summed E-state index contributed by atoms with van der Waals surface area (Å²) in [6.45, 7) is 1.38. The molecule has 18 heavy (non-hydrogen) atoms. The van der Waals surface area contributed by atoms with Crippen molar-refractivity contribution in [1.82, 2.24) is 4.90 Å². The number of ether oxygens (including phenoxy) is 1. The van der Waals surface area contributed by atoms with Gasteiger partial charge in [-0.3, -0.25) is 9.59 Å². The third kappa shape index (κ3) is 3.45. The van der Waals surface area contributed by atoms with Crippen LogP contribution in [-0.4, -0.2) is 37.7 Å². The van der Waals surface area contributed by atoms with Crippen LogP contribution in [0.15, 0.2) is 36.0 Å². The lowest BCUT2D eigenvalue weighted by Gasteiger charge is -2.09. The number of rotatable bonds is 5. The Balaban J connectivity index is 3.14. The molecule has 0 amide bonds. The molecule has 0 aromatic heterocycles. The van der Waals surface area contributed by atoms with Crippen LogP contribution < -0.4 is 4.74 Å². The number of methoxy groups -OCH3 is 1. The number of allylic oxidation sites excluding steroid dienone is 1. The minimum absolute atomic E-state index is 0.160. The molecule has 0 N–H and O–H groups in total. The molecule has 0 aliphatic heterocycles. The van der Waals surface area contributed by atoms with Gasteiger partial charge < -0.3 is 9.64 Å². The van der Waals surface area contributed by atoms with Crippen LogP contribution in [0, 0.1) is 0 Å². The van der Waals surface area contributed by atoms with Crippen LogP contribution >= 0.6 is 0 Å². The van der Waals surface area contributed by atoms with E-state index in [1.165, 1.54) is 20.2 Å². The Labute approximate surface area is 107 Å². The largest absolute Gasteiger partial charge is 0.497 e. The summed E-state index contributed by atoms with van der Waals surface area (Å²) in [5, 5.41) is 0. The molecule has 0 saturated heterocycles. The normalized spacial score (nSPS) is 11.0. The van der Waals surface area contributed by atoms with E-state index in [4.69, 9.17) is 4.74 Å². The predicted molar refractivity (Wildman–Crippen MR) is 69.8 cm³/mol. The van der Waals surface area contributed by atoms with E-state index in [0.29, 0.717) is 11.3 Å². The van der Waals surface area contributed by atoms with E-state index in [1.807, 2.05) is 0 Å². The Hall–Kier alpha value is -2.10. The van der Waals surface area contributed by atoms with E-state index in [-0.39, 0.29) is 17.1 Å². The average molecular weight is 247 g/mol. The van der Waals surface area contributed by atoms with E-state index in [1.54, 1.807) is 43.3 Å². The van der Waals surface area contributed by atoms with Crippen LogP contribution in [0.3, 0.4) is 0 Å². The highest BCUT2D eigenvalue weighted by Crippen LogP contribution is 2.16. The zero-order valence-electron chi connectivity index (χ0n) is 11.1. The monoisotopic (exact) mass is 247 g/mol. The van der Waals surface area contributed by atoms with Gasteiger partial charge in [0.05, 0.1) is 12.7 Å². The molecule has 0 aliphatic rings. The van der Waals surface area contributed by atoms with Crippen molar-refractivity contribution in [2.75, 3.05) is 21.2 Å². The highest BCUT2D eigenvalue weighted by atomic mass is 16.5. The van der Waals surface area contributed by atoms with Crippen LogP contribution in [0.4, 0.5) is 0 Å². The molecular formula is C14H17NO3. The van der Waals surface area contributed by atoms with Gasteiger partial charge in [0.15, 0.2) is 11.6 Å². The third-order valence-corrected chi connectivity index (χ3v) is 2.34. The molecule has 0 spiro atoms. The SMILES string of the molecule is COc1cccc(C(=O)/C(=C\N(C)C)C(C)=O)c1. The van der Waals surface area contributed by atoms with Gasteiger partial charge in [0.2, 0.25) is 0 Å². The maximum Gasteiger partial charge on any atom is 0.198 e. The van der Waals surface area contributed by atoms with Crippen molar-refractivity contribution in [3.8, 4) is 5.75 Å². The molecule has 0 bridgehead atoms. The first-order valence-corrected chi connectivity index (χ1v) is 5.53. The summed E-state index contributed by atoms with van der Waals surface area (Å²) in [5.74, 6) is 0.0419. The summed E-state index contributed by atoms with van der Waals surface area (Å²) < 4.78 is 5.06. The minimum atomic E-state index is -0.296. The van der Waals surface area contributed by atoms with Crippen molar-refractivity contribution in [3.63, 3.8) is 0 Å². The molecule has 4 heteroatoms. The molecule has 0 atom stereocenters. The van der Waals surface area contributed by atoms with Crippen LogP contribution in [0.1, 0.15) is 17.3 Å². The molecule has 0 saturated carbocycles. The van der Waals surface area contributed by atoms with Gasteiger partial charge in [-0.25, -0.2) is 0 Å². The number of benzene rings is 1. The van der Waals surface area contributed by atoms with Gasteiger partial charge in [-0.2, -0.15) is 0 Å². The zero-order valence-corrected chi connectivity index (χ0v) is 11.1. The Morgan fingerprint density at radius 3 is 2.44 bits per heavy atom. The van der Waals surface area contributed by atoms with Crippen molar-refractivity contribution in [1.29, 1.82) is 0 Å². The van der Waals surface area contributed by atoms with E-state index in [9.17, 15) is 9.59 Å². The summed E-state index contributed by atoms with van der Waals surface area (Å²) in [6, 6.07) is 6.76. The highest BCUT2D eigenvalue weighted by molar-refractivity contribution is 6.25. The number of hydrogen-bond acceptors (Lipinski definition) is 4. The van der Waals surface area contributed by atoms with E-state index in [2.05, 4.69) is 0 Å².